The number of carbonyl (C=O) groups is 2. The monoisotopic (exact) mass is 265 g/mol. The van der Waals surface area contributed by atoms with Crippen molar-refractivity contribution in [3.8, 4) is 11.5 Å². The molecule has 0 spiro atoms. The largest absolute Gasteiger partial charge is 0.493 e. The van der Waals surface area contributed by atoms with Gasteiger partial charge in [0.05, 0.1) is 12.7 Å². The molecular weight excluding hydrogens is 250 g/mol. The highest BCUT2D eigenvalue weighted by Crippen LogP contribution is 2.33. The number of carboxylic acids is 1. The van der Waals surface area contributed by atoms with Crippen LogP contribution in [0.4, 0.5) is 0 Å². The molecule has 0 aromatic heterocycles. The number of ketones is 1. The summed E-state index contributed by atoms with van der Waals surface area (Å²) in [6, 6.07) is 4.63. The maximum absolute atomic E-state index is 11.6. The van der Waals surface area contributed by atoms with Gasteiger partial charge in [0.15, 0.2) is 11.5 Å². The van der Waals surface area contributed by atoms with Gasteiger partial charge in [-0.05, 0) is 19.2 Å². The number of nitrogens with zero attached hydrogens (tertiary/aromatic N) is 1. The lowest BCUT2D eigenvalue weighted by atomic mass is 10.1. The third-order valence-corrected chi connectivity index (χ3v) is 2.95. The van der Waals surface area contributed by atoms with E-state index in [4.69, 9.17) is 14.6 Å². The van der Waals surface area contributed by atoms with E-state index in [1.165, 1.54) is 13.2 Å². The number of hydrogen-bond donors (Lipinski definition) is 1. The van der Waals surface area contributed by atoms with Gasteiger partial charge < -0.3 is 14.6 Å². The molecule has 0 unspecified atom stereocenters. The number of rotatable bonds is 5. The SMILES string of the molecule is COc1cccc(C(=O)C(=O)O)c1OC1CN(C)C1. The Morgan fingerprint density at radius 2 is 2.05 bits per heavy atom. The van der Waals surface area contributed by atoms with E-state index in [-0.39, 0.29) is 17.4 Å². The van der Waals surface area contributed by atoms with Crippen LogP contribution in [0.15, 0.2) is 18.2 Å². The Hall–Kier alpha value is -2.08. The average Bonchev–Trinajstić information content (AvgIpc) is 2.36. The second-order valence-corrected chi connectivity index (χ2v) is 4.43. The molecule has 1 N–H and O–H groups in total. The lowest BCUT2D eigenvalue weighted by molar-refractivity contribution is -0.131. The molecule has 0 radical (unpaired) electrons. The Labute approximate surface area is 110 Å². The number of carbonyl (C=O) groups excluding carboxylic acids is 1. The summed E-state index contributed by atoms with van der Waals surface area (Å²) in [5.41, 5.74) is 0.0152. The fourth-order valence-electron chi connectivity index (χ4n) is 1.98. The quantitative estimate of drug-likeness (QED) is 0.622. The molecule has 1 heterocycles. The van der Waals surface area contributed by atoms with Crippen molar-refractivity contribution < 1.29 is 24.2 Å². The van der Waals surface area contributed by atoms with Gasteiger partial charge in [0, 0.05) is 13.1 Å². The number of carboxylic acid groups (broad SMARTS) is 1. The molecule has 102 valence electrons. The molecule has 1 aliphatic rings. The number of methoxy groups -OCH3 is 1. The normalized spacial score (nSPS) is 15.7. The van der Waals surface area contributed by atoms with Gasteiger partial charge in [-0.3, -0.25) is 9.69 Å². The standard InChI is InChI=1S/C13H15NO5/c1-14-6-8(7-14)19-12-9(11(15)13(16)17)4-3-5-10(12)18-2/h3-5,8H,6-7H2,1-2H3,(H,16,17). The van der Waals surface area contributed by atoms with Gasteiger partial charge in [-0.2, -0.15) is 0 Å². The maximum atomic E-state index is 11.6. The predicted octanol–water partition coefficient (Wildman–Crippen LogP) is 0.655. The van der Waals surface area contributed by atoms with Crippen LogP contribution in [0.5, 0.6) is 11.5 Å². The first kappa shape index (κ1) is 13.4. The Morgan fingerprint density at radius 3 is 2.58 bits per heavy atom. The summed E-state index contributed by atoms with van der Waals surface area (Å²) in [5.74, 6) is -1.94. The van der Waals surface area contributed by atoms with E-state index in [0.717, 1.165) is 13.1 Å². The van der Waals surface area contributed by atoms with Gasteiger partial charge in [-0.25, -0.2) is 4.79 Å². The zero-order valence-electron chi connectivity index (χ0n) is 10.8. The minimum absolute atomic E-state index is 0.0152. The zero-order valence-corrected chi connectivity index (χ0v) is 10.8. The van der Waals surface area contributed by atoms with Crippen molar-refractivity contribution in [2.45, 2.75) is 6.10 Å². The molecule has 6 nitrogen and oxygen atoms in total. The second kappa shape index (κ2) is 5.27. The second-order valence-electron chi connectivity index (χ2n) is 4.43. The molecule has 19 heavy (non-hydrogen) atoms. The van der Waals surface area contributed by atoms with Gasteiger partial charge in [0.2, 0.25) is 0 Å². The van der Waals surface area contributed by atoms with Crippen LogP contribution in [-0.4, -0.2) is 55.1 Å². The topological polar surface area (TPSA) is 76.1 Å². The summed E-state index contributed by atoms with van der Waals surface area (Å²) in [6.07, 6.45) is -0.0540. The highest BCUT2D eigenvalue weighted by molar-refractivity contribution is 6.40. The molecule has 0 aliphatic carbocycles. The molecule has 6 heteroatoms. The molecule has 1 saturated heterocycles. The Balaban J connectivity index is 2.31. The van der Waals surface area contributed by atoms with Crippen LogP contribution >= 0.6 is 0 Å². The van der Waals surface area contributed by atoms with Crippen molar-refractivity contribution >= 4 is 11.8 Å². The van der Waals surface area contributed by atoms with Crippen LogP contribution < -0.4 is 9.47 Å². The minimum atomic E-state index is -1.51. The van der Waals surface area contributed by atoms with Gasteiger partial charge in [0.1, 0.15) is 6.10 Å². The Bertz CT molecular complexity index is 508. The molecule has 1 aliphatic heterocycles. The van der Waals surface area contributed by atoms with E-state index < -0.39 is 11.8 Å². The van der Waals surface area contributed by atoms with Crippen molar-refractivity contribution in [1.82, 2.24) is 4.90 Å². The summed E-state index contributed by atoms with van der Waals surface area (Å²) in [5, 5.41) is 8.82. The summed E-state index contributed by atoms with van der Waals surface area (Å²) < 4.78 is 10.8. The van der Waals surface area contributed by atoms with Crippen LogP contribution in [0, 0.1) is 0 Å². The molecule has 0 atom stereocenters. The van der Waals surface area contributed by atoms with E-state index in [9.17, 15) is 9.59 Å². The first-order valence-electron chi connectivity index (χ1n) is 5.82. The number of likely N-dealkylation sites (N-methyl/N-ethyl adjacent to an activating group) is 1. The van der Waals surface area contributed by atoms with Gasteiger partial charge in [0.25, 0.3) is 5.78 Å². The van der Waals surface area contributed by atoms with E-state index in [0.29, 0.717) is 5.75 Å². The minimum Gasteiger partial charge on any atom is -0.493 e. The molecule has 1 aromatic carbocycles. The fraction of sp³-hybridized carbons (Fsp3) is 0.385. The molecule has 1 fully saturated rings. The number of likely N-dealkylation sites (tertiary alicyclic amines) is 1. The summed E-state index contributed by atoms with van der Waals surface area (Å²) in [4.78, 5) is 24.5. The smallest absolute Gasteiger partial charge is 0.377 e. The number of Topliss-reactive ketones (excluding diaryl/α,β-unsaturated/α-hetero) is 1. The first-order valence-corrected chi connectivity index (χ1v) is 5.82. The van der Waals surface area contributed by atoms with E-state index in [1.807, 2.05) is 7.05 Å². The number of hydrogen-bond acceptors (Lipinski definition) is 5. The van der Waals surface area contributed by atoms with Crippen molar-refractivity contribution in [3.05, 3.63) is 23.8 Å². The van der Waals surface area contributed by atoms with Crippen molar-refractivity contribution in [2.75, 3.05) is 27.2 Å². The summed E-state index contributed by atoms with van der Waals surface area (Å²) in [7, 11) is 3.40. The molecule has 0 bridgehead atoms. The van der Waals surface area contributed by atoms with Gasteiger partial charge in [-0.15, -0.1) is 0 Å². The zero-order chi connectivity index (χ0) is 14.0. The van der Waals surface area contributed by atoms with Crippen molar-refractivity contribution in [3.63, 3.8) is 0 Å². The first-order chi connectivity index (χ1) is 9.02. The number of para-hydroxylation sites is 1. The highest BCUT2D eigenvalue weighted by atomic mass is 16.5. The predicted molar refractivity (Wildman–Crippen MR) is 66.9 cm³/mol. The fourth-order valence-corrected chi connectivity index (χ4v) is 1.98. The van der Waals surface area contributed by atoms with Crippen LogP contribution in [0.25, 0.3) is 0 Å². The lowest BCUT2D eigenvalue weighted by Crippen LogP contribution is -2.51. The van der Waals surface area contributed by atoms with Crippen LogP contribution in [0.2, 0.25) is 0 Å². The Morgan fingerprint density at radius 1 is 1.37 bits per heavy atom. The molecule has 1 aromatic rings. The molecule has 0 amide bonds. The van der Waals surface area contributed by atoms with E-state index in [2.05, 4.69) is 4.90 Å². The van der Waals surface area contributed by atoms with E-state index in [1.54, 1.807) is 12.1 Å². The highest BCUT2D eigenvalue weighted by Gasteiger charge is 2.29. The number of ether oxygens (including phenoxy) is 2. The summed E-state index contributed by atoms with van der Waals surface area (Å²) in [6.45, 7) is 1.47. The molecular formula is C13H15NO5. The molecule has 0 saturated carbocycles. The number of benzene rings is 1. The third-order valence-electron chi connectivity index (χ3n) is 2.95. The van der Waals surface area contributed by atoms with Crippen LogP contribution in [0.3, 0.4) is 0 Å². The lowest BCUT2D eigenvalue weighted by Gasteiger charge is -2.36. The van der Waals surface area contributed by atoms with E-state index >= 15 is 0 Å². The van der Waals surface area contributed by atoms with Crippen LogP contribution in [-0.2, 0) is 4.79 Å². The molecule has 2 rings (SSSR count). The number of aliphatic carboxylic acids is 1. The van der Waals surface area contributed by atoms with Crippen LogP contribution in [0.1, 0.15) is 10.4 Å². The van der Waals surface area contributed by atoms with Crippen molar-refractivity contribution in [1.29, 1.82) is 0 Å². The van der Waals surface area contributed by atoms with Gasteiger partial charge >= 0.3 is 5.97 Å². The summed E-state index contributed by atoms with van der Waals surface area (Å²) >= 11 is 0. The van der Waals surface area contributed by atoms with Gasteiger partial charge in [-0.1, -0.05) is 6.07 Å². The maximum Gasteiger partial charge on any atom is 0.377 e. The Kier molecular flexibility index (Phi) is 3.71. The van der Waals surface area contributed by atoms with Crippen molar-refractivity contribution in [2.24, 2.45) is 0 Å². The third kappa shape index (κ3) is 2.68. The average molecular weight is 265 g/mol.